The first-order valence-corrected chi connectivity index (χ1v) is 10.3. The minimum atomic E-state index is 0.487. The summed E-state index contributed by atoms with van der Waals surface area (Å²) in [6.07, 6.45) is 4.10. The molecule has 0 amide bonds. The maximum atomic E-state index is 5.50. The van der Waals surface area contributed by atoms with Gasteiger partial charge in [0.2, 0.25) is 0 Å². The highest BCUT2D eigenvalue weighted by Crippen LogP contribution is 2.13. The van der Waals surface area contributed by atoms with E-state index >= 15 is 0 Å². The average molecular weight is 354 g/mol. The topological polar surface area (TPSA) is 52.1 Å². The quantitative estimate of drug-likeness (QED) is 0.510. The van der Waals surface area contributed by atoms with E-state index in [0.29, 0.717) is 12.0 Å². The Morgan fingerprint density at radius 3 is 2.40 bits per heavy atom. The number of nitrogens with zero attached hydrogens (tertiary/aromatic N) is 3. The van der Waals surface area contributed by atoms with Crippen LogP contribution in [0.3, 0.4) is 0 Å². The summed E-state index contributed by atoms with van der Waals surface area (Å²) in [7, 11) is 0. The van der Waals surface area contributed by atoms with Crippen LogP contribution in [-0.4, -0.2) is 87.4 Å². The van der Waals surface area contributed by atoms with E-state index in [2.05, 4.69) is 41.2 Å². The van der Waals surface area contributed by atoms with Gasteiger partial charge in [-0.2, -0.15) is 0 Å². The van der Waals surface area contributed by atoms with Crippen molar-refractivity contribution in [3.63, 3.8) is 0 Å². The molecule has 2 N–H and O–H groups in total. The van der Waals surface area contributed by atoms with Crippen LogP contribution >= 0.6 is 0 Å². The molecule has 6 heteroatoms. The number of aliphatic imine (C=N–C) groups is 1. The molecule has 1 unspecified atom stereocenters. The zero-order valence-corrected chi connectivity index (χ0v) is 16.6. The summed E-state index contributed by atoms with van der Waals surface area (Å²) in [5.41, 5.74) is 0. The maximum Gasteiger partial charge on any atom is 0.191 e. The summed E-state index contributed by atoms with van der Waals surface area (Å²) in [6, 6.07) is 0.487. The lowest BCUT2D eigenvalue weighted by Crippen LogP contribution is -2.48. The molecular formula is C19H39N5O. The summed E-state index contributed by atoms with van der Waals surface area (Å²) < 4.78 is 5.50. The number of morpholine rings is 1. The van der Waals surface area contributed by atoms with Crippen LogP contribution in [0.25, 0.3) is 0 Å². The van der Waals surface area contributed by atoms with E-state index in [1.54, 1.807) is 0 Å². The number of rotatable bonds is 8. The summed E-state index contributed by atoms with van der Waals surface area (Å²) in [6.45, 7) is 16.8. The molecule has 0 aromatic rings. The van der Waals surface area contributed by atoms with Gasteiger partial charge < -0.3 is 20.3 Å². The Balaban J connectivity index is 1.81. The smallest absolute Gasteiger partial charge is 0.191 e. The van der Waals surface area contributed by atoms with Gasteiger partial charge in [0.15, 0.2) is 5.96 Å². The van der Waals surface area contributed by atoms with Gasteiger partial charge in [0.25, 0.3) is 0 Å². The Morgan fingerprint density at radius 1 is 1.04 bits per heavy atom. The summed E-state index contributed by atoms with van der Waals surface area (Å²) in [5, 5.41) is 6.91. The molecule has 2 aliphatic rings. The van der Waals surface area contributed by atoms with Crippen molar-refractivity contribution in [1.29, 1.82) is 0 Å². The van der Waals surface area contributed by atoms with Crippen molar-refractivity contribution in [2.45, 2.75) is 46.1 Å². The van der Waals surface area contributed by atoms with Gasteiger partial charge in [-0.3, -0.25) is 9.89 Å². The minimum absolute atomic E-state index is 0.487. The lowest BCUT2D eigenvalue weighted by Gasteiger charge is -2.36. The van der Waals surface area contributed by atoms with Crippen LogP contribution in [0, 0.1) is 5.92 Å². The SMILES string of the molecule is CCNC(=NCC(C(C)C)N1CCOCC1)NCCN1CCCCC1. The number of hydrogen-bond acceptors (Lipinski definition) is 4. The van der Waals surface area contributed by atoms with Gasteiger partial charge in [0.1, 0.15) is 0 Å². The largest absolute Gasteiger partial charge is 0.379 e. The van der Waals surface area contributed by atoms with Crippen LogP contribution in [0.5, 0.6) is 0 Å². The predicted molar refractivity (Wildman–Crippen MR) is 105 cm³/mol. The molecule has 0 radical (unpaired) electrons. The standard InChI is InChI=1S/C19H39N5O/c1-4-20-19(21-8-11-23-9-6-5-7-10-23)22-16-18(17(2)3)24-12-14-25-15-13-24/h17-18H,4-16H2,1-3H3,(H2,20,21,22). The average Bonchev–Trinajstić information content (AvgIpc) is 2.63. The van der Waals surface area contributed by atoms with Crippen molar-refractivity contribution in [3.8, 4) is 0 Å². The van der Waals surface area contributed by atoms with Gasteiger partial charge in [-0.15, -0.1) is 0 Å². The fourth-order valence-corrected chi connectivity index (χ4v) is 3.70. The molecule has 0 aromatic carbocycles. The molecule has 2 aliphatic heterocycles. The molecule has 1 atom stereocenters. The number of nitrogens with one attached hydrogen (secondary N) is 2. The van der Waals surface area contributed by atoms with Crippen LogP contribution in [0.1, 0.15) is 40.0 Å². The predicted octanol–water partition coefficient (Wildman–Crippen LogP) is 1.38. The molecule has 2 saturated heterocycles. The third-order valence-electron chi connectivity index (χ3n) is 5.23. The van der Waals surface area contributed by atoms with E-state index in [4.69, 9.17) is 9.73 Å². The van der Waals surface area contributed by atoms with Gasteiger partial charge >= 0.3 is 0 Å². The van der Waals surface area contributed by atoms with E-state index in [-0.39, 0.29) is 0 Å². The summed E-state index contributed by atoms with van der Waals surface area (Å²) in [4.78, 5) is 9.98. The molecule has 0 bridgehead atoms. The third-order valence-corrected chi connectivity index (χ3v) is 5.23. The number of ether oxygens (including phenoxy) is 1. The van der Waals surface area contributed by atoms with Gasteiger partial charge in [-0.25, -0.2) is 0 Å². The van der Waals surface area contributed by atoms with E-state index in [0.717, 1.165) is 58.4 Å². The first kappa shape index (κ1) is 20.5. The number of piperidine rings is 1. The Hall–Kier alpha value is -0.850. The second kappa shape index (κ2) is 11.7. The molecule has 0 aliphatic carbocycles. The molecule has 0 saturated carbocycles. The molecule has 6 nitrogen and oxygen atoms in total. The molecule has 25 heavy (non-hydrogen) atoms. The van der Waals surface area contributed by atoms with E-state index in [1.165, 1.54) is 32.4 Å². The lowest BCUT2D eigenvalue weighted by molar-refractivity contribution is 0.00867. The first-order chi connectivity index (χ1) is 12.2. The third kappa shape index (κ3) is 7.50. The molecule has 0 spiro atoms. The van der Waals surface area contributed by atoms with Crippen molar-refractivity contribution in [2.24, 2.45) is 10.9 Å². The Bertz CT molecular complexity index is 376. The molecule has 2 fully saturated rings. The van der Waals surface area contributed by atoms with Crippen molar-refractivity contribution in [1.82, 2.24) is 20.4 Å². The number of hydrogen-bond donors (Lipinski definition) is 2. The highest BCUT2D eigenvalue weighted by molar-refractivity contribution is 5.79. The second-order valence-corrected chi connectivity index (χ2v) is 7.51. The highest BCUT2D eigenvalue weighted by atomic mass is 16.5. The Kier molecular flexibility index (Phi) is 9.58. The molecular weight excluding hydrogens is 314 g/mol. The molecule has 2 rings (SSSR count). The van der Waals surface area contributed by atoms with Crippen LogP contribution in [0.2, 0.25) is 0 Å². The van der Waals surface area contributed by atoms with Crippen molar-refractivity contribution in [2.75, 3.05) is 65.6 Å². The van der Waals surface area contributed by atoms with Gasteiger partial charge in [-0.1, -0.05) is 20.3 Å². The van der Waals surface area contributed by atoms with Crippen LogP contribution in [0.15, 0.2) is 4.99 Å². The summed E-state index contributed by atoms with van der Waals surface area (Å²) >= 11 is 0. The number of likely N-dealkylation sites (tertiary alicyclic amines) is 1. The van der Waals surface area contributed by atoms with Crippen LogP contribution in [-0.2, 0) is 4.74 Å². The monoisotopic (exact) mass is 353 g/mol. The first-order valence-electron chi connectivity index (χ1n) is 10.3. The zero-order chi connectivity index (χ0) is 17.9. The molecule has 0 aromatic heterocycles. The van der Waals surface area contributed by atoms with Crippen molar-refractivity contribution in [3.05, 3.63) is 0 Å². The lowest BCUT2D eigenvalue weighted by atomic mass is 10.0. The normalized spacial score (nSPS) is 22.2. The maximum absolute atomic E-state index is 5.50. The fraction of sp³-hybridized carbons (Fsp3) is 0.947. The Labute approximate surface area is 154 Å². The fourth-order valence-electron chi connectivity index (χ4n) is 3.70. The molecule has 146 valence electrons. The Morgan fingerprint density at radius 2 is 1.76 bits per heavy atom. The van der Waals surface area contributed by atoms with Gasteiger partial charge in [0.05, 0.1) is 19.8 Å². The highest BCUT2D eigenvalue weighted by Gasteiger charge is 2.23. The van der Waals surface area contributed by atoms with E-state index in [9.17, 15) is 0 Å². The number of guanidine groups is 1. The van der Waals surface area contributed by atoms with E-state index in [1.807, 2.05) is 0 Å². The van der Waals surface area contributed by atoms with Gasteiger partial charge in [-0.05, 0) is 38.8 Å². The second-order valence-electron chi connectivity index (χ2n) is 7.51. The van der Waals surface area contributed by atoms with E-state index < -0.39 is 0 Å². The van der Waals surface area contributed by atoms with Crippen LogP contribution < -0.4 is 10.6 Å². The zero-order valence-electron chi connectivity index (χ0n) is 16.6. The molecule has 2 heterocycles. The summed E-state index contributed by atoms with van der Waals surface area (Å²) in [5.74, 6) is 1.55. The van der Waals surface area contributed by atoms with Crippen LogP contribution in [0.4, 0.5) is 0 Å². The van der Waals surface area contributed by atoms with Gasteiger partial charge in [0, 0.05) is 38.8 Å². The minimum Gasteiger partial charge on any atom is -0.379 e. The van der Waals surface area contributed by atoms with Crippen molar-refractivity contribution >= 4 is 5.96 Å². The van der Waals surface area contributed by atoms with Crippen molar-refractivity contribution < 1.29 is 4.74 Å².